The van der Waals surface area contributed by atoms with Crippen LogP contribution in [-0.2, 0) is 9.22 Å². The van der Waals surface area contributed by atoms with Gasteiger partial charge < -0.3 is 14.3 Å². The van der Waals surface area contributed by atoms with Crippen molar-refractivity contribution in [2.75, 3.05) is 6.61 Å². The molecule has 2 aromatic rings. The minimum Gasteiger partial charge on any atom is -0.550 e. The van der Waals surface area contributed by atoms with Gasteiger partial charge in [-0.1, -0.05) is 88.4 Å². The molecule has 1 atom stereocenters. The minimum atomic E-state index is -2.65. The molecular weight excluding hydrogens is 316 g/mol. The molecule has 4 heteroatoms. The van der Waals surface area contributed by atoms with E-state index in [9.17, 15) is 9.90 Å². The van der Waals surface area contributed by atoms with Gasteiger partial charge in [0.15, 0.2) is 0 Å². The van der Waals surface area contributed by atoms with Crippen molar-refractivity contribution in [3.8, 4) is 0 Å². The number of hydrogen-bond acceptors (Lipinski definition) is 3. The zero-order valence-corrected chi connectivity index (χ0v) is 15.8. The van der Waals surface area contributed by atoms with Crippen molar-refractivity contribution < 1.29 is 14.3 Å². The van der Waals surface area contributed by atoms with Crippen molar-refractivity contribution in [2.45, 2.75) is 32.7 Å². The Morgan fingerprint density at radius 3 is 1.75 bits per heavy atom. The monoisotopic (exact) mass is 341 g/mol. The van der Waals surface area contributed by atoms with Crippen LogP contribution < -0.4 is 15.5 Å². The van der Waals surface area contributed by atoms with E-state index in [0.29, 0.717) is 0 Å². The second kappa shape index (κ2) is 7.32. The Morgan fingerprint density at radius 1 is 1.00 bits per heavy atom. The van der Waals surface area contributed by atoms with Gasteiger partial charge in [-0.15, -0.1) is 0 Å². The van der Waals surface area contributed by atoms with Gasteiger partial charge in [-0.3, -0.25) is 0 Å². The predicted octanol–water partition coefficient (Wildman–Crippen LogP) is 1.95. The first kappa shape index (κ1) is 18.4. The summed E-state index contributed by atoms with van der Waals surface area (Å²) in [5, 5.41) is 13.3. The number of carboxylic acids is 1. The summed E-state index contributed by atoms with van der Waals surface area (Å²) < 4.78 is 6.51. The number of benzene rings is 2. The number of carboxylic acid groups (broad SMARTS) is 1. The molecule has 0 aliphatic heterocycles. The first-order valence-electron chi connectivity index (χ1n) is 8.25. The van der Waals surface area contributed by atoms with Gasteiger partial charge in [-0.25, -0.2) is 0 Å². The van der Waals surface area contributed by atoms with E-state index in [4.69, 9.17) is 4.43 Å². The molecule has 128 valence electrons. The minimum absolute atomic E-state index is 0.148. The van der Waals surface area contributed by atoms with Gasteiger partial charge >= 0.3 is 0 Å². The fraction of sp³-hybridized carbons (Fsp3) is 0.350. The van der Waals surface area contributed by atoms with Gasteiger partial charge in [0.2, 0.25) is 0 Å². The molecule has 24 heavy (non-hydrogen) atoms. The summed E-state index contributed by atoms with van der Waals surface area (Å²) in [4.78, 5) is 11.2. The van der Waals surface area contributed by atoms with E-state index >= 15 is 0 Å². The molecule has 0 saturated carbocycles. The lowest BCUT2D eigenvalue weighted by molar-refractivity contribution is -0.311. The third kappa shape index (κ3) is 3.60. The lowest BCUT2D eigenvalue weighted by Crippen LogP contribution is -2.67. The molecule has 3 nitrogen and oxygen atoms in total. The van der Waals surface area contributed by atoms with Crippen LogP contribution in [0.25, 0.3) is 0 Å². The van der Waals surface area contributed by atoms with Crippen molar-refractivity contribution in [1.82, 2.24) is 0 Å². The van der Waals surface area contributed by atoms with Gasteiger partial charge in [-0.2, -0.15) is 0 Å². The highest BCUT2D eigenvalue weighted by molar-refractivity contribution is 6.99. The Hall–Kier alpha value is -1.91. The van der Waals surface area contributed by atoms with Crippen molar-refractivity contribution in [3.05, 3.63) is 60.7 Å². The Bertz CT molecular complexity index is 623. The molecule has 0 bridgehead atoms. The van der Waals surface area contributed by atoms with Crippen LogP contribution in [0.3, 0.4) is 0 Å². The third-order valence-corrected chi connectivity index (χ3v) is 9.37. The number of hydrogen-bond donors (Lipinski definition) is 0. The lowest BCUT2D eigenvalue weighted by Gasteiger charge is -2.43. The predicted molar refractivity (Wildman–Crippen MR) is 97.7 cm³/mol. The quantitative estimate of drug-likeness (QED) is 0.755. The zero-order chi connectivity index (χ0) is 17.8. The average Bonchev–Trinajstić information content (AvgIpc) is 2.56. The SMILES string of the molecule is CC(CO[Si](c1ccccc1)(c1ccccc1)C(C)(C)C)C(=O)[O-]. The Kier molecular flexibility index (Phi) is 5.62. The van der Waals surface area contributed by atoms with Crippen LogP contribution in [-0.4, -0.2) is 20.9 Å². The van der Waals surface area contributed by atoms with Crippen LogP contribution in [0.15, 0.2) is 60.7 Å². The van der Waals surface area contributed by atoms with Gasteiger partial charge in [-0.05, 0) is 15.4 Å². The number of aliphatic carboxylic acids is 1. The molecule has 1 unspecified atom stereocenters. The molecule has 0 radical (unpaired) electrons. The molecule has 0 aliphatic carbocycles. The summed E-state index contributed by atoms with van der Waals surface area (Å²) in [6.45, 7) is 8.29. The van der Waals surface area contributed by atoms with Crippen LogP contribution in [0.4, 0.5) is 0 Å². The number of carbonyl (C=O) groups excluding carboxylic acids is 1. The molecule has 2 aromatic carbocycles. The second-order valence-electron chi connectivity index (χ2n) is 7.19. The highest BCUT2D eigenvalue weighted by Crippen LogP contribution is 2.36. The van der Waals surface area contributed by atoms with Gasteiger partial charge in [0.1, 0.15) is 0 Å². The summed E-state index contributed by atoms with van der Waals surface area (Å²) in [6, 6.07) is 20.4. The van der Waals surface area contributed by atoms with Crippen LogP contribution in [0, 0.1) is 5.92 Å². The largest absolute Gasteiger partial charge is 0.550 e. The van der Waals surface area contributed by atoms with E-state index in [1.54, 1.807) is 6.92 Å². The first-order chi connectivity index (χ1) is 11.3. The van der Waals surface area contributed by atoms with Crippen LogP contribution in [0.5, 0.6) is 0 Å². The zero-order valence-electron chi connectivity index (χ0n) is 14.8. The first-order valence-corrected chi connectivity index (χ1v) is 10.2. The summed E-state index contributed by atoms with van der Waals surface area (Å²) in [5.41, 5.74) is 0. The van der Waals surface area contributed by atoms with E-state index < -0.39 is 20.2 Å². The van der Waals surface area contributed by atoms with E-state index in [1.807, 2.05) is 36.4 Å². The van der Waals surface area contributed by atoms with Crippen molar-refractivity contribution in [2.24, 2.45) is 5.92 Å². The molecule has 0 N–H and O–H groups in total. The smallest absolute Gasteiger partial charge is 0.261 e. The van der Waals surface area contributed by atoms with Crippen LogP contribution >= 0.6 is 0 Å². The summed E-state index contributed by atoms with van der Waals surface area (Å²) in [7, 11) is -2.65. The lowest BCUT2D eigenvalue weighted by atomic mass is 10.2. The maximum absolute atomic E-state index is 11.2. The normalized spacial score (nSPS) is 13.5. The number of carbonyl (C=O) groups is 1. The second-order valence-corrected chi connectivity index (χ2v) is 11.5. The molecule has 2 rings (SSSR count). The third-order valence-electron chi connectivity index (χ3n) is 4.37. The average molecular weight is 342 g/mol. The standard InChI is InChI=1S/C20H26O3Si/c1-16(19(21)22)15-23-24(20(2,3)4,17-11-7-5-8-12-17)18-13-9-6-10-14-18/h5-14,16H,15H2,1-4H3,(H,21,22)/p-1. The number of rotatable bonds is 6. The molecule has 0 aromatic heterocycles. The van der Waals surface area contributed by atoms with Gasteiger partial charge in [0, 0.05) is 18.5 Å². The van der Waals surface area contributed by atoms with E-state index in [-0.39, 0.29) is 11.6 Å². The summed E-state index contributed by atoms with van der Waals surface area (Å²) >= 11 is 0. The van der Waals surface area contributed by atoms with Gasteiger partial charge in [0.05, 0.1) is 0 Å². The summed E-state index contributed by atoms with van der Waals surface area (Å²) in [6.07, 6.45) is 0. The maximum Gasteiger partial charge on any atom is 0.261 e. The molecule has 0 saturated heterocycles. The van der Waals surface area contributed by atoms with Crippen LogP contribution in [0.1, 0.15) is 27.7 Å². The molecule has 0 spiro atoms. The molecular formula is C20H25O3Si-. The van der Waals surface area contributed by atoms with E-state index in [0.717, 1.165) is 10.4 Å². The van der Waals surface area contributed by atoms with Gasteiger partial charge in [0.25, 0.3) is 8.32 Å². The fourth-order valence-corrected chi connectivity index (χ4v) is 7.74. The van der Waals surface area contributed by atoms with Crippen molar-refractivity contribution in [3.63, 3.8) is 0 Å². The highest BCUT2D eigenvalue weighted by Gasteiger charge is 2.50. The van der Waals surface area contributed by atoms with E-state index in [1.165, 1.54) is 0 Å². The molecule has 0 fully saturated rings. The Labute approximate surface area is 145 Å². The maximum atomic E-state index is 11.2. The van der Waals surface area contributed by atoms with Crippen molar-refractivity contribution >= 4 is 24.7 Å². The Morgan fingerprint density at radius 2 is 1.42 bits per heavy atom. The summed E-state index contributed by atoms with van der Waals surface area (Å²) in [5.74, 6) is -1.72. The molecule has 0 amide bonds. The highest BCUT2D eigenvalue weighted by atomic mass is 28.4. The van der Waals surface area contributed by atoms with Crippen LogP contribution in [0.2, 0.25) is 5.04 Å². The topological polar surface area (TPSA) is 49.4 Å². The van der Waals surface area contributed by atoms with Crippen molar-refractivity contribution in [1.29, 1.82) is 0 Å². The molecule has 0 heterocycles. The fourth-order valence-electron chi connectivity index (χ4n) is 3.08. The molecule has 0 aliphatic rings. The Balaban J connectivity index is 2.59. The van der Waals surface area contributed by atoms with E-state index in [2.05, 4.69) is 45.0 Å².